The van der Waals surface area contributed by atoms with Crippen LogP contribution in [0.3, 0.4) is 0 Å². The third kappa shape index (κ3) is 2.45. The quantitative estimate of drug-likeness (QED) is 0.258. The van der Waals surface area contributed by atoms with E-state index in [1.165, 1.54) is 5.39 Å². The average Bonchev–Trinajstić information content (AvgIpc) is 3.63. The molecule has 37 heavy (non-hydrogen) atoms. The van der Waals surface area contributed by atoms with Gasteiger partial charge >= 0.3 is 0 Å². The smallest absolute Gasteiger partial charge is 0.145 e. The van der Waals surface area contributed by atoms with Gasteiger partial charge in [0.15, 0.2) is 0 Å². The molecule has 0 aliphatic rings. The molecule has 3 nitrogen and oxygen atoms in total. The first-order chi connectivity index (χ1) is 18.3. The average molecular weight is 474 g/mol. The molecule has 0 saturated heterocycles. The van der Waals surface area contributed by atoms with Crippen molar-refractivity contribution in [3.8, 4) is 11.1 Å². The number of hydrogen-bond acceptors (Lipinski definition) is 2. The Bertz CT molecular complexity index is 2360. The number of aromatic amines is 1. The van der Waals surface area contributed by atoms with Crippen molar-refractivity contribution in [1.29, 1.82) is 0 Å². The largest absolute Gasteiger partial charge is 0.455 e. The molecule has 0 radical (unpaired) electrons. The van der Waals surface area contributed by atoms with Crippen molar-refractivity contribution in [1.82, 2.24) is 4.98 Å². The van der Waals surface area contributed by atoms with E-state index in [0.29, 0.717) is 0 Å². The highest BCUT2D eigenvalue weighted by atomic mass is 16.3. The zero-order chi connectivity index (χ0) is 24.1. The van der Waals surface area contributed by atoms with Crippen molar-refractivity contribution in [2.24, 2.45) is 0 Å². The molecule has 1 N–H and O–H groups in total. The maximum Gasteiger partial charge on any atom is 0.145 e. The number of rotatable bonds is 1. The minimum Gasteiger partial charge on any atom is -0.455 e. The highest BCUT2D eigenvalue weighted by Gasteiger charge is 2.20. The molecule has 172 valence electrons. The Labute approximate surface area is 210 Å². The third-order valence-corrected chi connectivity index (χ3v) is 7.81. The molecular formula is C34H19NO2. The van der Waals surface area contributed by atoms with E-state index in [1.54, 1.807) is 0 Å². The van der Waals surface area contributed by atoms with Crippen molar-refractivity contribution >= 4 is 76.5 Å². The molecule has 0 aliphatic carbocycles. The summed E-state index contributed by atoms with van der Waals surface area (Å²) >= 11 is 0. The zero-order valence-corrected chi connectivity index (χ0v) is 19.7. The fourth-order valence-corrected chi connectivity index (χ4v) is 6.17. The lowest BCUT2D eigenvalue weighted by molar-refractivity contribution is 0.670. The van der Waals surface area contributed by atoms with Crippen LogP contribution in [-0.2, 0) is 0 Å². The lowest BCUT2D eigenvalue weighted by Gasteiger charge is -2.09. The van der Waals surface area contributed by atoms with Crippen molar-refractivity contribution < 1.29 is 8.83 Å². The number of hydrogen-bond donors (Lipinski definition) is 1. The molecule has 9 rings (SSSR count). The summed E-state index contributed by atoms with van der Waals surface area (Å²) in [6.45, 7) is 0. The van der Waals surface area contributed by atoms with Crippen LogP contribution >= 0.6 is 0 Å². The summed E-state index contributed by atoms with van der Waals surface area (Å²) in [4.78, 5) is 3.55. The third-order valence-electron chi connectivity index (χ3n) is 7.81. The zero-order valence-electron chi connectivity index (χ0n) is 19.7. The van der Waals surface area contributed by atoms with Crippen LogP contribution in [-0.4, -0.2) is 4.98 Å². The minimum absolute atomic E-state index is 0.908. The van der Waals surface area contributed by atoms with Crippen molar-refractivity contribution in [3.63, 3.8) is 0 Å². The summed E-state index contributed by atoms with van der Waals surface area (Å²) in [7, 11) is 0. The molecular weight excluding hydrogens is 454 g/mol. The SMILES string of the molecule is c1ccc2c(c1)[nH]c1ccc3c4cc(-c5cccc6c5oc5ccccc56)c5ccccc5c4oc3c12. The van der Waals surface area contributed by atoms with Crippen molar-refractivity contribution in [2.45, 2.75) is 0 Å². The van der Waals surface area contributed by atoms with Crippen LogP contribution in [0.25, 0.3) is 87.6 Å². The molecule has 0 amide bonds. The lowest BCUT2D eigenvalue weighted by Crippen LogP contribution is -1.84. The van der Waals surface area contributed by atoms with Crippen LogP contribution in [0, 0.1) is 0 Å². The molecule has 3 heterocycles. The minimum atomic E-state index is 0.908. The van der Waals surface area contributed by atoms with Gasteiger partial charge in [0.25, 0.3) is 0 Å². The van der Waals surface area contributed by atoms with Gasteiger partial charge in [0.1, 0.15) is 22.3 Å². The first kappa shape index (κ1) is 19.2. The molecule has 0 aliphatic heterocycles. The molecule has 3 aromatic heterocycles. The number of fused-ring (bicyclic) bond motifs is 12. The topological polar surface area (TPSA) is 42.1 Å². The molecule has 0 saturated carbocycles. The van der Waals surface area contributed by atoms with Crippen LogP contribution < -0.4 is 0 Å². The van der Waals surface area contributed by atoms with Gasteiger partial charge in [-0.15, -0.1) is 0 Å². The fraction of sp³-hybridized carbons (Fsp3) is 0. The van der Waals surface area contributed by atoms with E-state index in [1.807, 2.05) is 12.1 Å². The van der Waals surface area contributed by atoms with E-state index in [-0.39, 0.29) is 0 Å². The lowest BCUT2D eigenvalue weighted by atomic mass is 9.94. The van der Waals surface area contributed by atoms with Gasteiger partial charge in [0, 0.05) is 43.4 Å². The molecule has 3 heteroatoms. The molecule has 0 spiro atoms. The molecule has 0 unspecified atom stereocenters. The van der Waals surface area contributed by atoms with E-state index in [4.69, 9.17) is 8.83 Å². The molecule has 0 bridgehead atoms. The maximum atomic E-state index is 6.73. The molecule has 6 aromatic carbocycles. The Kier molecular flexibility index (Phi) is 3.53. The van der Waals surface area contributed by atoms with E-state index >= 15 is 0 Å². The Hall–Kier alpha value is -5.02. The predicted octanol–water partition coefficient (Wildman–Crippen LogP) is 9.94. The highest BCUT2D eigenvalue weighted by Crippen LogP contribution is 2.45. The maximum absolute atomic E-state index is 6.73. The van der Waals surface area contributed by atoms with Gasteiger partial charge in [0.05, 0.1) is 10.9 Å². The van der Waals surface area contributed by atoms with Gasteiger partial charge in [0.2, 0.25) is 0 Å². The second-order valence-corrected chi connectivity index (χ2v) is 9.76. The van der Waals surface area contributed by atoms with Gasteiger partial charge in [-0.1, -0.05) is 78.9 Å². The summed E-state index contributed by atoms with van der Waals surface area (Å²) in [6, 6.07) is 38.3. The van der Waals surface area contributed by atoms with Gasteiger partial charge in [-0.25, -0.2) is 0 Å². The standard InChI is InChI=1S/C34H19NO2/c1-2-10-21-19(8-1)26(23-13-7-12-22-20-9-4-6-15-30(20)36-32(22)23)18-27-24-16-17-29-31(34(24)37-33(21)27)25-11-3-5-14-28(25)35-29/h1-18,35H. The Morgan fingerprint density at radius 3 is 2.03 bits per heavy atom. The normalized spacial score (nSPS) is 12.3. The fourth-order valence-electron chi connectivity index (χ4n) is 6.17. The molecule has 9 aromatic rings. The first-order valence-corrected chi connectivity index (χ1v) is 12.5. The van der Waals surface area contributed by atoms with E-state index in [9.17, 15) is 0 Å². The number of aromatic nitrogens is 1. The molecule has 0 atom stereocenters. The van der Waals surface area contributed by atoms with Gasteiger partial charge in [-0.3, -0.25) is 0 Å². The highest BCUT2D eigenvalue weighted by molar-refractivity contribution is 6.27. The van der Waals surface area contributed by atoms with Crippen molar-refractivity contribution in [3.05, 3.63) is 109 Å². The van der Waals surface area contributed by atoms with Crippen LogP contribution in [0.2, 0.25) is 0 Å². The number of furan rings is 2. The number of H-pyrrole nitrogens is 1. The van der Waals surface area contributed by atoms with E-state index in [2.05, 4.69) is 102 Å². The van der Waals surface area contributed by atoms with E-state index in [0.717, 1.165) is 82.2 Å². The first-order valence-electron chi connectivity index (χ1n) is 12.5. The second-order valence-electron chi connectivity index (χ2n) is 9.76. The number of nitrogens with one attached hydrogen (secondary N) is 1. The van der Waals surface area contributed by atoms with Crippen LogP contribution in [0.15, 0.2) is 118 Å². The summed E-state index contributed by atoms with van der Waals surface area (Å²) in [5.41, 5.74) is 8.12. The Balaban J connectivity index is 1.46. The summed E-state index contributed by atoms with van der Waals surface area (Å²) in [5, 5.41) is 9.08. The summed E-state index contributed by atoms with van der Waals surface area (Å²) in [6.07, 6.45) is 0. The molecule has 0 fully saturated rings. The van der Waals surface area contributed by atoms with Crippen LogP contribution in [0.5, 0.6) is 0 Å². The number of benzene rings is 6. The van der Waals surface area contributed by atoms with Crippen molar-refractivity contribution in [2.75, 3.05) is 0 Å². The van der Waals surface area contributed by atoms with E-state index < -0.39 is 0 Å². The monoisotopic (exact) mass is 473 g/mol. The summed E-state index contributed by atoms with van der Waals surface area (Å²) in [5.74, 6) is 0. The van der Waals surface area contributed by atoms with Gasteiger partial charge in [-0.2, -0.15) is 0 Å². The van der Waals surface area contributed by atoms with Crippen LogP contribution in [0.1, 0.15) is 0 Å². The van der Waals surface area contributed by atoms with Crippen LogP contribution in [0.4, 0.5) is 0 Å². The number of para-hydroxylation sites is 3. The predicted molar refractivity (Wildman–Crippen MR) is 153 cm³/mol. The second kappa shape index (κ2) is 6.80. The van der Waals surface area contributed by atoms with Gasteiger partial charge in [-0.05, 0) is 41.3 Å². The Morgan fingerprint density at radius 1 is 0.405 bits per heavy atom. The Morgan fingerprint density at radius 2 is 1.11 bits per heavy atom. The van der Waals surface area contributed by atoms with Gasteiger partial charge < -0.3 is 13.8 Å². The summed E-state index contributed by atoms with van der Waals surface area (Å²) < 4.78 is 13.2.